The molecule has 1 atom stereocenters. The van der Waals surface area contributed by atoms with Crippen molar-refractivity contribution in [3.8, 4) is 0 Å². The summed E-state index contributed by atoms with van der Waals surface area (Å²) >= 11 is 7.63. The topological polar surface area (TPSA) is 48.1 Å². The van der Waals surface area contributed by atoms with Gasteiger partial charge in [-0.3, -0.25) is 9.69 Å². The first-order valence-corrected chi connectivity index (χ1v) is 11.8. The first kappa shape index (κ1) is 21.3. The second-order valence-electron chi connectivity index (χ2n) is 8.07. The number of hydrogen-bond acceptors (Lipinski definition) is 3. The molecule has 1 aromatic heterocycles. The molecule has 0 saturated carbocycles. The molecule has 0 radical (unpaired) electrons. The largest absolute Gasteiger partial charge is 0.350 e. The quantitative estimate of drug-likeness (QED) is 0.501. The molecule has 0 aliphatic carbocycles. The predicted molar refractivity (Wildman–Crippen MR) is 126 cm³/mol. The molecule has 4 rings (SSSR count). The summed E-state index contributed by atoms with van der Waals surface area (Å²) in [5.41, 5.74) is 2.78. The van der Waals surface area contributed by atoms with Crippen LogP contribution in [0.4, 0.5) is 0 Å². The van der Waals surface area contributed by atoms with E-state index in [0.29, 0.717) is 23.3 Å². The van der Waals surface area contributed by atoms with Gasteiger partial charge in [0, 0.05) is 40.0 Å². The molecule has 0 unspecified atom stereocenters. The third kappa shape index (κ3) is 4.85. The number of nitrogens with zero attached hydrogens (tertiary/aromatic N) is 1. The summed E-state index contributed by atoms with van der Waals surface area (Å²) in [7, 11) is 0. The average molecular weight is 442 g/mol. The predicted octanol–water partition coefficient (Wildman–Crippen LogP) is 5.89. The number of H-pyrrole nitrogens is 1. The molecule has 0 spiro atoms. The van der Waals surface area contributed by atoms with E-state index in [9.17, 15) is 4.79 Å². The lowest BCUT2D eigenvalue weighted by molar-refractivity contribution is 0.0931. The van der Waals surface area contributed by atoms with E-state index in [-0.39, 0.29) is 5.91 Å². The number of hydrogen-bond donors (Lipinski definition) is 2. The Hall–Kier alpha value is -1.95. The Morgan fingerprint density at radius 1 is 1.23 bits per heavy atom. The number of fused-ring (bicyclic) bond motifs is 1. The van der Waals surface area contributed by atoms with Gasteiger partial charge in [-0.15, -0.1) is 0 Å². The smallest absolute Gasteiger partial charge is 0.268 e. The maximum absolute atomic E-state index is 13.1. The van der Waals surface area contributed by atoms with Crippen LogP contribution in [0.3, 0.4) is 0 Å². The number of amides is 1. The zero-order valence-corrected chi connectivity index (χ0v) is 19.1. The summed E-state index contributed by atoms with van der Waals surface area (Å²) in [6, 6.07) is 14.6. The Balaban J connectivity index is 1.54. The van der Waals surface area contributed by atoms with Crippen molar-refractivity contribution < 1.29 is 4.79 Å². The third-order valence-corrected chi connectivity index (χ3v) is 7.18. The molecule has 1 amide bonds. The van der Waals surface area contributed by atoms with Crippen LogP contribution < -0.4 is 5.32 Å². The van der Waals surface area contributed by atoms with E-state index in [0.717, 1.165) is 39.3 Å². The molecule has 1 aliphatic heterocycles. The van der Waals surface area contributed by atoms with Crippen LogP contribution in [-0.2, 0) is 0 Å². The number of likely N-dealkylation sites (tertiary alicyclic amines) is 1. The molecule has 1 fully saturated rings. The highest BCUT2D eigenvalue weighted by Crippen LogP contribution is 2.37. The number of benzene rings is 2. The summed E-state index contributed by atoms with van der Waals surface area (Å²) in [5.74, 6) is -0.0509. The Bertz CT molecular complexity index is 1030. The fourth-order valence-corrected chi connectivity index (χ4v) is 5.23. The van der Waals surface area contributed by atoms with E-state index in [1.807, 2.05) is 24.3 Å². The number of nitrogens with one attached hydrogen (secondary N) is 2. The Kier molecular flexibility index (Phi) is 6.71. The Labute approximate surface area is 187 Å². The first-order chi connectivity index (χ1) is 14.5. The van der Waals surface area contributed by atoms with E-state index in [1.165, 1.54) is 19.3 Å². The minimum Gasteiger partial charge on any atom is -0.350 e. The number of aromatic nitrogens is 1. The fourth-order valence-electron chi connectivity index (χ4n) is 4.06. The molecular weight excluding hydrogens is 414 g/mol. The zero-order chi connectivity index (χ0) is 21.1. The van der Waals surface area contributed by atoms with Gasteiger partial charge in [-0.1, -0.05) is 41.9 Å². The zero-order valence-electron chi connectivity index (χ0n) is 17.5. The maximum Gasteiger partial charge on any atom is 0.268 e. The van der Waals surface area contributed by atoms with Crippen molar-refractivity contribution in [1.82, 2.24) is 15.2 Å². The highest BCUT2D eigenvalue weighted by molar-refractivity contribution is 7.99. The van der Waals surface area contributed by atoms with Gasteiger partial charge in [-0.2, -0.15) is 0 Å². The number of carbonyl (C=O) groups excluding carboxylic acids is 1. The molecule has 0 bridgehead atoms. The Morgan fingerprint density at radius 3 is 2.80 bits per heavy atom. The number of carbonyl (C=O) groups is 1. The highest BCUT2D eigenvalue weighted by atomic mass is 35.5. The van der Waals surface area contributed by atoms with E-state index in [1.54, 1.807) is 11.8 Å². The van der Waals surface area contributed by atoms with Crippen molar-refractivity contribution in [2.45, 2.75) is 48.9 Å². The third-order valence-electron chi connectivity index (χ3n) is 5.79. The molecule has 1 saturated heterocycles. The standard InChI is InChI=1S/C24H28ClN3OS/c1-16-6-11-20-21(15-16)27-22(23(20)30-19-9-7-18(25)8-10-19)24(29)26-12-14-28-13-4-3-5-17(28)2/h6-11,15,17,27H,3-5,12-14H2,1-2H3,(H,26,29)/t17-/m0/s1. The summed E-state index contributed by atoms with van der Waals surface area (Å²) in [5, 5.41) is 4.90. The summed E-state index contributed by atoms with van der Waals surface area (Å²) in [6.45, 7) is 7.02. The van der Waals surface area contributed by atoms with Crippen LogP contribution in [-0.4, -0.2) is 41.5 Å². The number of piperidine rings is 1. The van der Waals surface area contributed by atoms with Gasteiger partial charge in [0.1, 0.15) is 5.69 Å². The SMILES string of the molecule is Cc1ccc2c(Sc3ccc(Cl)cc3)c(C(=O)NCCN3CCCC[C@@H]3C)[nH]c2c1. The lowest BCUT2D eigenvalue weighted by atomic mass is 10.0. The summed E-state index contributed by atoms with van der Waals surface area (Å²) < 4.78 is 0. The number of aryl methyl sites for hydroxylation is 1. The molecule has 2 aromatic carbocycles. The number of aromatic amines is 1. The van der Waals surface area contributed by atoms with Gasteiger partial charge in [0.2, 0.25) is 0 Å². The van der Waals surface area contributed by atoms with Crippen molar-refractivity contribution in [1.29, 1.82) is 0 Å². The second-order valence-corrected chi connectivity index (χ2v) is 9.59. The van der Waals surface area contributed by atoms with Crippen LogP contribution in [0, 0.1) is 6.92 Å². The van der Waals surface area contributed by atoms with Crippen LogP contribution in [0.15, 0.2) is 52.3 Å². The van der Waals surface area contributed by atoms with Gasteiger partial charge in [0.05, 0.1) is 4.90 Å². The monoisotopic (exact) mass is 441 g/mol. The molecular formula is C24H28ClN3OS. The normalized spacial score (nSPS) is 17.4. The van der Waals surface area contributed by atoms with Crippen molar-refractivity contribution in [2.24, 2.45) is 0 Å². The van der Waals surface area contributed by atoms with Gasteiger partial charge >= 0.3 is 0 Å². The minimum atomic E-state index is -0.0509. The van der Waals surface area contributed by atoms with Crippen LogP contribution in [0.1, 0.15) is 42.2 Å². The molecule has 1 aliphatic rings. The van der Waals surface area contributed by atoms with Crippen molar-refractivity contribution in [3.05, 3.63) is 58.7 Å². The van der Waals surface area contributed by atoms with E-state index in [4.69, 9.17) is 11.6 Å². The molecule has 158 valence electrons. The summed E-state index contributed by atoms with van der Waals surface area (Å²) in [6.07, 6.45) is 3.81. The van der Waals surface area contributed by atoms with E-state index in [2.05, 4.69) is 47.2 Å². The Morgan fingerprint density at radius 2 is 2.03 bits per heavy atom. The van der Waals surface area contributed by atoms with Crippen LogP contribution >= 0.6 is 23.4 Å². The minimum absolute atomic E-state index is 0.0509. The fraction of sp³-hybridized carbons (Fsp3) is 0.375. The molecule has 2 N–H and O–H groups in total. The maximum atomic E-state index is 13.1. The molecule has 6 heteroatoms. The van der Waals surface area contributed by atoms with Crippen LogP contribution in [0.2, 0.25) is 5.02 Å². The van der Waals surface area contributed by atoms with E-state index >= 15 is 0 Å². The van der Waals surface area contributed by atoms with Gasteiger partial charge < -0.3 is 10.3 Å². The van der Waals surface area contributed by atoms with Gasteiger partial charge in [-0.25, -0.2) is 0 Å². The van der Waals surface area contributed by atoms with Crippen LogP contribution in [0.25, 0.3) is 10.9 Å². The lowest BCUT2D eigenvalue weighted by Crippen LogP contribution is -2.42. The van der Waals surface area contributed by atoms with Crippen LogP contribution in [0.5, 0.6) is 0 Å². The number of halogens is 1. The van der Waals surface area contributed by atoms with Crippen molar-refractivity contribution >= 4 is 40.2 Å². The van der Waals surface area contributed by atoms with Gasteiger partial charge in [0.15, 0.2) is 0 Å². The molecule has 3 aromatic rings. The first-order valence-electron chi connectivity index (χ1n) is 10.6. The van der Waals surface area contributed by atoms with Crippen molar-refractivity contribution in [3.63, 3.8) is 0 Å². The lowest BCUT2D eigenvalue weighted by Gasteiger charge is -2.33. The highest BCUT2D eigenvalue weighted by Gasteiger charge is 2.21. The summed E-state index contributed by atoms with van der Waals surface area (Å²) in [4.78, 5) is 20.9. The molecule has 30 heavy (non-hydrogen) atoms. The molecule has 2 heterocycles. The van der Waals surface area contributed by atoms with Gasteiger partial charge in [-0.05, 0) is 69.1 Å². The number of rotatable bonds is 6. The van der Waals surface area contributed by atoms with E-state index < -0.39 is 0 Å². The second kappa shape index (κ2) is 9.46. The van der Waals surface area contributed by atoms with Crippen molar-refractivity contribution in [2.75, 3.05) is 19.6 Å². The average Bonchev–Trinajstić information content (AvgIpc) is 3.08. The molecule has 4 nitrogen and oxygen atoms in total. The van der Waals surface area contributed by atoms with Gasteiger partial charge in [0.25, 0.3) is 5.91 Å².